The number of hydrogen-bond acceptors (Lipinski definition) is 9. The number of aromatic nitrogens is 1. The molecule has 0 aliphatic rings. The second kappa shape index (κ2) is 15.5. The number of rotatable bonds is 15. The van der Waals surface area contributed by atoms with Gasteiger partial charge in [0.2, 0.25) is 0 Å². The first kappa shape index (κ1) is 34.5. The Balaban J connectivity index is 2.16. The van der Waals surface area contributed by atoms with Gasteiger partial charge in [-0.05, 0) is 54.6 Å². The van der Waals surface area contributed by atoms with E-state index in [1.165, 1.54) is 18.5 Å². The van der Waals surface area contributed by atoms with Crippen molar-refractivity contribution < 1.29 is 32.1 Å². The third-order valence-corrected chi connectivity index (χ3v) is 10.1. The molecule has 0 aliphatic carbocycles. The van der Waals surface area contributed by atoms with Crippen LogP contribution in [-0.4, -0.2) is 51.8 Å². The fraction of sp³-hybridized carbons (Fsp3) is 0.440. The smallest absolute Gasteiger partial charge is 0.444 e. The number of pyridine rings is 1. The fourth-order valence-corrected chi connectivity index (χ4v) is 6.01. The normalized spacial score (nSPS) is 12.3. The van der Waals surface area contributed by atoms with Gasteiger partial charge in [0, 0.05) is 27.9 Å². The lowest BCUT2D eigenvalue weighted by atomic mass is 10.2. The Morgan fingerprint density at radius 3 is 2.34 bits per heavy atom. The van der Waals surface area contributed by atoms with Crippen molar-refractivity contribution >= 4 is 59.3 Å². The topological polar surface area (TPSA) is 146 Å². The summed E-state index contributed by atoms with van der Waals surface area (Å²) in [5.74, 6) is -0.580. The fourth-order valence-electron chi connectivity index (χ4n) is 2.96. The first-order valence-electron chi connectivity index (χ1n) is 12.9. The van der Waals surface area contributed by atoms with Gasteiger partial charge < -0.3 is 15.0 Å². The maximum absolute atomic E-state index is 14.2. The summed E-state index contributed by atoms with van der Waals surface area (Å²) in [7, 11) is -7.05. The van der Waals surface area contributed by atoms with Crippen LogP contribution in [0.1, 0.15) is 11.3 Å². The number of hydrazone groups is 1. The van der Waals surface area contributed by atoms with Gasteiger partial charge in [-0.1, -0.05) is 39.3 Å². The molecular weight excluding hydrogens is 605 g/mol. The Hall–Kier alpha value is -2.69. The van der Waals surface area contributed by atoms with Crippen LogP contribution in [0.2, 0.25) is 51.4 Å². The van der Waals surface area contributed by atoms with Gasteiger partial charge in [-0.3, -0.25) is 24.8 Å². The number of nitrogens with zero attached hydrogens (tertiary/aromatic N) is 2. The number of benzene rings is 1. The van der Waals surface area contributed by atoms with E-state index in [0.29, 0.717) is 5.69 Å². The van der Waals surface area contributed by atoms with Crippen molar-refractivity contribution in [3.63, 3.8) is 0 Å². The molecule has 4 N–H and O–H groups in total. The molecule has 0 unspecified atom stereocenters. The zero-order valence-electron chi connectivity index (χ0n) is 24.2. The highest BCUT2D eigenvalue weighted by atomic mass is 32.1. The molecule has 1 amide bonds. The van der Waals surface area contributed by atoms with Crippen molar-refractivity contribution in [1.82, 2.24) is 10.4 Å². The highest BCUT2D eigenvalue weighted by Gasteiger charge is 2.32. The number of halogens is 1. The molecule has 0 aliphatic heterocycles. The second-order valence-electron chi connectivity index (χ2n) is 11.4. The number of phosphoric ester groups is 1. The number of nitrogens with one attached hydrogen (secondary N) is 2. The molecule has 0 spiro atoms. The molecule has 226 valence electrons. The zero-order valence-corrected chi connectivity index (χ0v) is 27.9. The minimum atomic E-state index is -4.06. The SMILES string of the molecule is C[Si](C)(C)CCOP(=O)(OCC[Si](C)(C)C)Oc1ccc(F)cc1COC(=O)Nc1cccnc1C=NNC(N)=S. The maximum Gasteiger partial charge on any atom is 0.530 e. The zero-order chi connectivity index (χ0) is 30.7. The molecule has 41 heavy (non-hydrogen) atoms. The first-order chi connectivity index (χ1) is 19.1. The molecule has 0 fully saturated rings. The van der Waals surface area contributed by atoms with Crippen molar-refractivity contribution in [2.45, 2.75) is 58.0 Å². The van der Waals surface area contributed by atoms with Crippen molar-refractivity contribution in [2.75, 3.05) is 18.5 Å². The first-order valence-corrected chi connectivity index (χ1v) is 22.2. The van der Waals surface area contributed by atoms with Crippen LogP contribution in [0.15, 0.2) is 41.6 Å². The number of anilines is 1. The van der Waals surface area contributed by atoms with Crippen LogP contribution in [0.3, 0.4) is 0 Å². The van der Waals surface area contributed by atoms with Gasteiger partial charge in [-0.2, -0.15) is 5.10 Å². The van der Waals surface area contributed by atoms with E-state index in [4.69, 9.17) is 36.3 Å². The standard InChI is InChI=1S/C25H39FN5O6PSSi2/c1-40(2,3)14-12-35-38(33,36-13-15-41(4,5)6)37-23-10-9-20(26)16-19(23)18-34-25(32)30-21-8-7-11-28-22(21)17-29-31-24(27)39/h7-11,16-17H,12-15,18H2,1-6H3,(H,30,32)(H3,27,31,39). The van der Waals surface area contributed by atoms with E-state index in [9.17, 15) is 13.8 Å². The van der Waals surface area contributed by atoms with Crippen molar-refractivity contribution in [3.05, 3.63) is 53.6 Å². The molecular formula is C25H39FN5O6PSSi2. The van der Waals surface area contributed by atoms with Crippen molar-refractivity contribution in [1.29, 1.82) is 0 Å². The van der Waals surface area contributed by atoms with Crippen LogP contribution >= 0.6 is 20.0 Å². The second-order valence-corrected chi connectivity index (χ2v) is 24.7. The molecule has 0 saturated heterocycles. The average molecular weight is 644 g/mol. The van der Waals surface area contributed by atoms with Gasteiger partial charge >= 0.3 is 13.9 Å². The number of thiocarbonyl (C=S) groups is 1. The lowest BCUT2D eigenvalue weighted by Crippen LogP contribution is -2.24. The number of phosphoric acid groups is 1. The summed E-state index contributed by atoms with van der Waals surface area (Å²) >= 11 is 4.69. The van der Waals surface area contributed by atoms with Gasteiger partial charge in [-0.15, -0.1) is 0 Å². The van der Waals surface area contributed by atoms with Crippen LogP contribution in [0.5, 0.6) is 5.75 Å². The van der Waals surface area contributed by atoms with Crippen LogP contribution in [0.25, 0.3) is 0 Å². The van der Waals surface area contributed by atoms with Crippen molar-refractivity contribution in [2.24, 2.45) is 10.8 Å². The summed E-state index contributed by atoms with van der Waals surface area (Å²) < 4.78 is 50.2. The molecule has 1 aromatic carbocycles. The van der Waals surface area contributed by atoms with Crippen LogP contribution in [-0.2, 0) is 25.0 Å². The third kappa shape index (κ3) is 14.2. The highest BCUT2D eigenvalue weighted by molar-refractivity contribution is 7.80. The summed E-state index contributed by atoms with van der Waals surface area (Å²) in [6.07, 6.45) is 1.96. The van der Waals surface area contributed by atoms with E-state index in [1.54, 1.807) is 12.1 Å². The van der Waals surface area contributed by atoms with Crippen molar-refractivity contribution in [3.8, 4) is 5.75 Å². The molecule has 1 aromatic heterocycles. The predicted molar refractivity (Wildman–Crippen MR) is 168 cm³/mol. The molecule has 16 heteroatoms. The minimum Gasteiger partial charge on any atom is -0.444 e. The molecule has 1 heterocycles. The van der Waals surface area contributed by atoms with E-state index in [1.807, 2.05) is 0 Å². The summed E-state index contributed by atoms with van der Waals surface area (Å²) in [6, 6.07) is 8.25. The summed E-state index contributed by atoms with van der Waals surface area (Å²) in [6.45, 7) is 13.0. The molecule has 0 bridgehead atoms. The minimum absolute atomic E-state index is 0.0153. The summed E-state index contributed by atoms with van der Waals surface area (Å²) in [5.41, 5.74) is 8.47. The number of hydrogen-bond donors (Lipinski definition) is 3. The highest BCUT2D eigenvalue weighted by Crippen LogP contribution is 2.51. The van der Waals surface area contributed by atoms with Crippen LogP contribution in [0, 0.1) is 5.82 Å². The molecule has 2 aromatic rings. The van der Waals surface area contributed by atoms with Gasteiger partial charge in [0.25, 0.3) is 0 Å². The molecule has 2 rings (SSSR count). The Morgan fingerprint density at radius 1 is 1.12 bits per heavy atom. The largest absolute Gasteiger partial charge is 0.530 e. The number of carbonyl (C=O) groups excluding carboxylic acids is 1. The molecule has 0 radical (unpaired) electrons. The van der Waals surface area contributed by atoms with E-state index < -0.39 is 42.5 Å². The van der Waals surface area contributed by atoms with E-state index >= 15 is 0 Å². The van der Waals surface area contributed by atoms with Crippen LogP contribution < -0.4 is 21.0 Å². The summed E-state index contributed by atoms with van der Waals surface area (Å²) in [5, 5.41) is 6.34. The Bertz CT molecular complexity index is 1250. The molecule has 0 atom stereocenters. The molecule has 11 nitrogen and oxygen atoms in total. The number of nitrogens with two attached hydrogens (primary N) is 1. The van der Waals surface area contributed by atoms with Gasteiger partial charge in [-0.25, -0.2) is 13.8 Å². The maximum atomic E-state index is 14.2. The van der Waals surface area contributed by atoms with Gasteiger partial charge in [0.1, 0.15) is 23.9 Å². The molecule has 0 saturated carbocycles. The monoisotopic (exact) mass is 643 g/mol. The quantitative estimate of drug-likeness (QED) is 0.0661. The Kier molecular flexibility index (Phi) is 13.1. The Morgan fingerprint density at radius 2 is 1.76 bits per heavy atom. The average Bonchev–Trinajstić information content (AvgIpc) is 2.83. The predicted octanol–water partition coefficient (Wildman–Crippen LogP) is 6.33. The van der Waals surface area contributed by atoms with E-state index in [0.717, 1.165) is 24.2 Å². The van der Waals surface area contributed by atoms with E-state index in [-0.39, 0.29) is 35.3 Å². The number of ether oxygens (including phenoxy) is 1. The third-order valence-electron chi connectivity index (χ3n) is 5.23. The van der Waals surface area contributed by atoms with Gasteiger partial charge in [0.15, 0.2) is 5.11 Å². The number of carbonyl (C=O) groups is 1. The Labute approximate surface area is 248 Å². The van der Waals surface area contributed by atoms with Gasteiger partial charge in [0.05, 0.1) is 25.1 Å². The summed E-state index contributed by atoms with van der Waals surface area (Å²) in [4.78, 5) is 16.7. The van der Waals surface area contributed by atoms with E-state index in [2.05, 4.69) is 60.1 Å². The lowest BCUT2D eigenvalue weighted by Gasteiger charge is -2.23. The lowest BCUT2D eigenvalue weighted by molar-refractivity contribution is 0.151. The van der Waals surface area contributed by atoms with Crippen LogP contribution in [0.4, 0.5) is 14.9 Å². The number of amides is 1.